The van der Waals surface area contributed by atoms with Gasteiger partial charge in [-0.15, -0.1) is 0 Å². The van der Waals surface area contributed by atoms with Crippen LogP contribution in [0.4, 0.5) is 0 Å². The van der Waals surface area contributed by atoms with E-state index in [1.54, 1.807) is 0 Å². The van der Waals surface area contributed by atoms with Gasteiger partial charge in [-0.2, -0.15) is 0 Å². The lowest BCUT2D eigenvalue weighted by Gasteiger charge is -2.18. The van der Waals surface area contributed by atoms with Gasteiger partial charge in [0.1, 0.15) is 13.2 Å². The molecule has 0 aliphatic rings. The van der Waals surface area contributed by atoms with Crippen molar-refractivity contribution in [1.29, 1.82) is 0 Å². The van der Waals surface area contributed by atoms with Gasteiger partial charge in [-0.1, -0.05) is 212 Å². The molecule has 0 unspecified atom stereocenters. The van der Waals surface area contributed by atoms with Crippen LogP contribution in [-0.4, -0.2) is 37.2 Å². The van der Waals surface area contributed by atoms with E-state index in [-0.39, 0.29) is 31.6 Å². The summed E-state index contributed by atoms with van der Waals surface area (Å²) in [6.45, 7) is 6.27. The van der Waals surface area contributed by atoms with E-state index >= 15 is 0 Å². The fourth-order valence-electron chi connectivity index (χ4n) is 6.78. The maximum atomic E-state index is 12.8. The number of hydrogen-bond acceptors (Lipinski definition) is 6. The minimum absolute atomic E-state index is 0.131. The Bertz CT molecular complexity index is 1560. The van der Waals surface area contributed by atoms with E-state index < -0.39 is 12.1 Å². The lowest BCUT2D eigenvalue weighted by atomic mass is 10.1. The Morgan fingerprint density at radius 2 is 0.594 bits per heavy atom. The average Bonchev–Trinajstić information content (AvgIpc) is 3.35. The van der Waals surface area contributed by atoms with Crippen molar-refractivity contribution in [3.63, 3.8) is 0 Å². The highest BCUT2D eigenvalue weighted by Gasteiger charge is 2.19. The fraction of sp³-hybridized carbons (Fsp3) is 0.571. The van der Waals surface area contributed by atoms with Crippen molar-refractivity contribution >= 4 is 17.9 Å². The Morgan fingerprint density at radius 1 is 0.304 bits per heavy atom. The van der Waals surface area contributed by atoms with E-state index in [2.05, 4.69) is 154 Å². The molecule has 386 valence electrons. The van der Waals surface area contributed by atoms with Crippen molar-refractivity contribution in [2.45, 2.75) is 219 Å². The summed E-state index contributed by atoms with van der Waals surface area (Å²) in [4.78, 5) is 38.1. The highest BCUT2D eigenvalue weighted by atomic mass is 16.6. The van der Waals surface area contributed by atoms with Crippen molar-refractivity contribution in [2.75, 3.05) is 13.2 Å². The van der Waals surface area contributed by atoms with Gasteiger partial charge < -0.3 is 14.2 Å². The van der Waals surface area contributed by atoms with Crippen LogP contribution >= 0.6 is 0 Å². The standard InChI is InChI=1S/C63H98O6/c1-4-7-10-13-16-19-22-25-28-30-31-33-36-39-42-45-48-51-54-57-63(66)69-60(58-67-61(64)55-52-49-46-43-40-37-34-27-24-21-18-15-12-9-6-3)59-68-62(65)56-53-50-47-44-41-38-35-32-29-26-23-20-17-14-11-8-5-2/h7,9-10,12,16-21,25-29,31,33-35,38-39,42,48,51,60H,4-6,8,11,13-15,22-24,30,32,36-37,40-41,43-47,49-50,52-59H2,1-3H3/b10-7-,12-9-,19-16-,20-17-,21-18-,28-25-,29-26-,33-31-,34-27-,38-35-,42-39-,51-48-/t60-/m1/s1. The number of esters is 3. The molecule has 0 bridgehead atoms. The van der Waals surface area contributed by atoms with Gasteiger partial charge in [-0.25, -0.2) is 0 Å². The van der Waals surface area contributed by atoms with E-state index in [0.717, 1.165) is 141 Å². The maximum Gasteiger partial charge on any atom is 0.306 e. The van der Waals surface area contributed by atoms with E-state index in [1.807, 2.05) is 12.2 Å². The topological polar surface area (TPSA) is 78.9 Å². The van der Waals surface area contributed by atoms with Crippen molar-refractivity contribution in [3.05, 3.63) is 146 Å². The van der Waals surface area contributed by atoms with Gasteiger partial charge in [0.2, 0.25) is 0 Å². The Balaban J connectivity index is 4.61. The van der Waals surface area contributed by atoms with Gasteiger partial charge in [0.15, 0.2) is 6.10 Å². The number of carbonyl (C=O) groups excluding carboxylic acids is 3. The summed E-state index contributed by atoms with van der Waals surface area (Å²) in [7, 11) is 0. The molecule has 0 radical (unpaired) electrons. The molecule has 6 nitrogen and oxygen atoms in total. The van der Waals surface area contributed by atoms with Crippen LogP contribution in [-0.2, 0) is 28.6 Å². The predicted octanol–water partition coefficient (Wildman–Crippen LogP) is 18.4. The quantitative estimate of drug-likeness (QED) is 0.0262. The molecule has 0 aliphatic heterocycles. The van der Waals surface area contributed by atoms with Crippen LogP contribution in [0.3, 0.4) is 0 Å². The molecule has 0 aromatic heterocycles. The van der Waals surface area contributed by atoms with Crippen molar-refractivity contribution in [2.24, 2.45) is 0 Å². The number of ether oxygens (including phenoxy) is 3. The smallest absolute Gasteiger partial charge is 0.306 e. The van der Waals surface area contributed by atoms with Gasteiger partial charge in [-0.05, 0) is 128 Å². The van der Waals surface area contributed by atoms with Gasteiger partial charge in [0.25, 0.3) is 0 Å². The van der Waals surface area contributed by atoms with E-state index in [0.29, 0.717) is 19.3 Å². The minimum atomic E-state index is -0.842. The van der Waals surface area contributed by atoms with Crippen LogP contribution in [0.2, 0.25) is 0 Å². The molecule has 69 heavy (non-hydrogen) atoms. The Kier molecular flexibility index (Phi) is 52.1. The number of rotatable bonds is 47. The zero-order chi connectivity index (χ0) is 50.0. The lowest BCUT2D eigenvalue weighted by Crippen LogP contribution is -2.30. The van der Waals surface area contributed by atoms with Gasteiger partial charge in [-0.3, -0.25) is 14.4 Å². The van der Waals surface area contributed by atoms with Crippen LogP contribution in [0.5, 0.6) is 0 Å². The van der Waals surface area contributed by atoms with E-state index in [4.69, 9.17) is 14.2 Å². The highest BCUT2D eigenvalue weighted by Crippen LogP contribution is 2.12. The molecule has 0 amide bonds. The summed E-state index contributed by atoms with van der Waals surface area (Å²) in [6.07, 6.45) is 79.8. The zero-order valence-electron chi connectivity index (χ0n) is 44.0. The third kappa shape index (κ3) is 54.1. The molecule has 1 atom stereocenters. The fourth-order valence-corrected chi connectivity index (χ4v) is 6.78. The molecule has 0 saturated heterocycles. The molecule has 0 heterocycles. The molecule has 0 aromatic rings. The Labute approximate surface area is 423 Å². The first kappa shape index (κ1) is 64.3. The Morgan fingerprint density at radius 3 is 0.942 bits per heavy atom. The summed E-state index contributed by atoms with van der Waals surface area (Å²) in [5.74, 6) is -1.06. The first-order valence-corrected chi connectivity index (χ1v) is 27.3. The second-order valence-electron chi connectivity index (χ2n) is 17.4. The monoisotopic (exact) mass is 951 g/mol. The van der Waals surface area contributed by atoms with Crippen molar-refractivity contribution in [3.8, 4) is 0 Å². The average molecular weight is 951 g/mol. The third-order valence-corrected chi connectivity index (χ3v) is 10.8. The first-order valence-electron chi connectivity index (χ1n) is 27.3. The molecule has 6 heteroatoms. The van der Waals surface area contributed by atoms with Crippen LogP contribution in [0.25, 0.3) is 0 Å². The second-order valence-corrected chi connectivity index (χ2v) is 17.4. The summed E-state index contributed by atoms with van der Waals surface area (Å²) in [6, 6.07) is 0. The van der Waals surface area contributed by atoms with Gasteiger partial charge in [0.05, 0.1) is 0 Å². The molecular weight excluding hydrogens is 853 g/mol. The summed E-state index contributed by atoms with van der Waals surface area (Å²) in [5.41, 5.74) is 0. The summed E-state index contributed by atoms with van der Waals surface area (Å²) >= 11 is 0. The molecule has 0 spiro atoms. The number of unbranched alkanes of at least 4 members (excludes halogenated alkanes) is 12. The molecular formula is C63H98O6. The Hall–Kier alpha value is -4.71. The largest absolute Gasteiger partial charge is 0.462 e. The lowest BCUT2D eigenvalue weighted by molar-refractivity contribution is -0.166. The molecule has 0 aliphatic carbocycles. The molecule has 0 saturated carbocycles. The van der Waals surface area contributed by atoms with Crippen LogP contribution in [0.1, 0.15) is 213 Å². The zero-order valence-corrected chi connectivity index (χ0v) is 44.0. The number of allylic oxidation sites excluding steroid dienone is 24. The SMILES string of the molecule is CC/C=C\C/C=C\C/C=C\C/C=C\C/C=C\C/C=C\CCC(=O)O[C@@H](COC(=O)CCCCCC/C=C\C/C=C\C/C=C\CCCCC)COC(=O)CCCCCCC/C=C\C/C=C\C/C=C\CC. The maximum absolute atomic E-state index is 12.8. The van der Waals surface area contributed by atoms with Crippen molar-refractivity contribution in [1.82, 2.24) is 0 Å². The second kappa shape index (κ2) is 55.9. The van der Waals surface area contributed by atoms with Crippen LogP contribution in [0.15, 0.2) is 146 Å². The van der Waals surface area contributed by atoms with Crippen LogP contribution in [0, 0.1) is 0 Å². The normalized spacial score (nSPS) is 13.3. The number of hydrogen-bond donors (Lipinski definition) is 0. The van der Waals surface area contributed by atoms with Crippen molar-refractivity contribution < 1.29 is 28.6 Å². The first-order chi connectivity index (χ1) is 34.0. The van der Waals surface area contributed by atoms with Gasteiger partial charge >= 0.3 is 17.9 Å². The highest BCUT2D eigenvalue weighted by molar-refractivity contribution is 5.71. The molecule has 0 N–H and O–H groups in total. The molecule has 0 fully saturated rings. The molecule has 0 aromatic carbocycles. The number of carbonyl (C=O) groups is 3. The van der Waals surface area contributed by atoms with Gasteiger partial charge in [0, 0.05) is 19.3 Å². The van der Waals surface area contributed by atoms with E-state index in [1.165, 1.54) is 25.7 Å². The third-order valence-electron chi connectivity index (χ3n) is 10.8. The summed E-state index contributed by atoms with van der Waals surface area (Å²) < 4.78 is 16.7. The predicted molar refractivity (Wildman–Crippen MR) is 297 cm³/mol. The van der Waals surface area contributed by atoms with E-state index in [9.17, 15) is 14.4 Å². The minimum Gasteiger partial charge on any atom is -0.462 e. The molecule has 0 rings (SSSR count). The summed E-state index contributed by atoms with van der Waals surface area (Å²) in [5, 5.41) is 0. The van der Waals surface area contributed by atoms with Crippen LogP contribution < -0.4 is 0 Å².